The Hall–Kier alpha value is -1.82. The summed E-state index contributed by atoms with van der Waals surface area (Å²) in [6, 6.07) is 6.12. The second-order valence-electron chi connectivity index (χ2n) is 3.91. The Labute approximate surface area is 111 Å². The molecule has 1 aromatic heterocycles. The van der Waals surface area contributed by atoms with Crippen molar-refractivity contribution in [1.29, 1.82) is 0 Å². The molecule has 100 valence electrons. The third kappa shape index (κ3) is 3.35. The number of benzene rings is 1. The Bertz CT molecular complexity index is 635. The van der Waals surface area contributed by atoms with E-state index in [0.717, 1.165) is 12.1 Å². The van der Waals surface area contributed by atoms with Crippen molar-refractivity contribution in [2.75, 3.05) is 0 Å². The fourth-order valence-corrected chi connectivity index (χ4v) is 1.70. The van der Waals surface area contributed by atoms with Gasteiger partial charge in [-0.3, -0.25) is 4.79 Å². The van der Waals surface area contributed by atoms with Gasteiger partial charge in [0.05, 0.1) is 11.3 Å². The summed E-state index contributed by atoms with van der Waals surface area (Å²) < 4.78 is 37.1. The van der Waals surface area contributed by atoms with Crippen molar-refractivity contribution in [3.63, 3.8) is 0 Å². The van der Waals surface area contributed by atoms with Gasteiger partial charge >= 0.3 is 6.18 Å². The average Bonchev–Trinajstić information content (AvgIpc) is 2.33. The van der Waals surface area contributed by atoms with E-state index in [9.17, 15) is 18.0 Å². The van der Waals surface area contributed by atoms with Crippen LogP contribution in [0.5, 0.6) is 0 Å². The van der Waals surface area contributed by atoms with Gasteiger partial charge in [0.2, 0.25) is 0 Å². The molecule has 0 saturated heterocycles. The molecule has 1 N–H and O–H groups in total. The lowest BCUT2D eigenvalue weighted by molar-refractivity contribution is -0.137. The van der Waals surface area contributed by atoms with Crippen LogP contribution in [-0.4, -0.2) is 10.2 Å². The maximum atomic E-state index is 12.4. The molecule has 0 aliphatic heterocycles. The van der Waals surface area contributed by atoms with Gasteiger partial charge in [0.1, 0.15) is 5.02 Å². The molecule has 0 aliphatic carbocycles. The molecule has 19 heavy (non-hydrogen) atoms. The highest BCUT2D eigenvalue weighted by Gasteiger charge is 2.29. The molecule has 0 spiro atoms. The van der Waals surface area contributed by atoms with E-state index in [4.69, 9.17) is 11.6 Å². The van der Waals surface area contributed by atoms with Crippen LogP contribution in [0.2, 0.25) is 5.02 Å². The van der Waals surface area contributed by atoms with Crippen LogP contribution in [0, 0.1) is 0 Å². The lowest BCUT2D eigenvalue weighted by Gasteiger charge is -2.07. The largest absolute Gasteiger partial charge is 0.416 e. The van der Waals surface area contributed by atoms with E-state index in [1.54, 1.807) is 0 Å². The molecule has 2 aromatic rings. The van der Waals surface area contributed by atoms with Crippen LogP contribution in [0.3, 0.4) is 0 Å². The molecule has 0 unspecified atom stereocenters. The number of nitrogens with one attached hydrogen (secondary N) is 1. The molecule has 2 rings (SSSR count). The Balaban J connectivity index is 2.20. The molecule has 3 nitrogen and oxygen atoms in total. The molecule has 7 heteroatoms. The van der Waals surface area contributed by atoms with Gasteiger partial charge in [0.25, 0.3) is 5.56 Å². The summed E-state index contributed by atoms with van der Waals surface area (Å²) >= 11 is 5.63. The van der Waals surface area contributed by atoms with E-state index < -0.39 is 17.3 Å². The highest BCUT2D eigenvalue weighted by atomic mass is 35.5. The summed E-state index contributed by atoms with van der Waals surface area (Å²) in [5, 5.41) is 5.97. The zero-order chi connectivity index (χ0) is 14.0. The number of halogens is 4. The monoisotopic (exact) mass is 288 g/mol. The fraction of sp³-hybridized carbons (Fsp3) is 0.167. The second-order valence-corrected chi connectivity index (χ2v) is 4.32. The number of alkyl halides is 3. The van der Waals surface area contributed by atoms with E-state index >= 15 is 0 Å². The van der Waals surface area contributed by atoms with Crippen molar-refractivity contribution in [1.82, 2.24) is 10.2 Å². The number of rotatable bonds is 2. The molecular weight excluding hydrogens is 281 g/mol. The van der Waals surface area contributed by atoms with Crippen LogP contribution in [0.15, 0.2) is 35.1 Å². The summed E-state index contributed by atoms with van der Waals surface area (Å²) in [4.78, 5) is 11.0. The second kappa shape index (κ2) is 5.05. The molecule has 1 aromatic carbocycles. The Morgan fingerprint density at radius 3 is 2.37 bits per heavy atom. The number of nitrogens with zero attached hydrogens (tertiary/aromatic N) is 1. The normalized spacial score (nSPS) is 11.6. The molecule has 0 aliphatic rings. The minimum absolute atomic E-state index is 0.00286. The van der Waals surface area contributed by atoms with Crippen molar-refractivity contribution in [2.24, 2.45) is 0 Å². The van der Waals surface area contributed by atoms with Crippen LogP contribution in [0.4, 0.5) is 13.2 Å². The summed E-state index contributed by atoms with van der Waals surface area (Å²) in [7, 11) is 0. The minimum atomic E-state index is -4.35. The van der Waals surface area contributed by atoms with Gasteiger partial charge in [-0.2, -0.15) is 18.3 Å². The van der Waals surface area contributed by atoms with Gasteiger partial charge in [-0.1, -0.05) is 23.7 Å². The predicted molar refractivity (Wildman–Crippen MR) is 64.1 cm³/mol. The van der Waals surface area contributed by atoms with Gasteiger partial charge in [0, 0.05) is 6.42 Å². The molecule has 0 saturated carbocycles. The molecule has 1 heterocycles. The summed E-state index contributed by atoms with van der Waals surface area (Å²) in [6.07, 6.45) is -4.06. The molecular formula is C12H8ClF3N2O. The number of hydrogen-bond acceptors (Lipinski definition) is 2. The van der Waals surface area contributed by atoms with Crippen molar-refractivity contribution in [3.8, 4) is 0 Å². The fourth-order valence-electron chi connectivity index (χ4n) is 1.53. The third-order valence-electron chi connectivity index (χ3n) is 2.48. The molecule has 0 amide bonds. The first-order valence-corrected chi connectivity index (χ1v) is 5.64. The van der Waals surface area contributed by atoms with Gasteiger partial charge in [-0.05, 0) is 23.8 Å². The van der Waals surface area contributed by atoms with E-state index in [-0.39, 0.29) is 11.4 Å². The van der Waals surface area contributed by atoms with Gasteiger partial charge in [0.15, 0.2) is 0 Å². The third-order valence-corrected chi connectivity index (χ3v) is 2.76. The van der Waals surface area contributed by atoms with Crippen molar-refractivity contribution in [3.05, 3.63) is 62.5 Å². The SMILES string of the molecule is O=c1[nH]nc(Cc2ccc(C(F)(F)F)cc2)cc1Cl. The van der Waals surface area contributed by atoms with Gasteiger partial charge in [-0.15, -0.1) is 0 Å². The van der Waals surface area contributed by atoms with Crippen molar-refractivity contribution < 1.29 is 13.2 Å². The topological polar surface area (TPSA) is 45.8 Å². The number of hydrogen-bond donors (Lipinski definition) is 1. The Kier molecular flexibility index (Phi) is 3.61. The van der Waals surface area contributed by atoms with Crippen LogP contribution in [0.1, 0.15) is 16.8 Å². The van der Waals surface area contributed by atoms with Crippen LogP contribution < -0.4 is 5.56 Å². The summed E-state index contributed by atoms with van der Waals surface area (Å²) in [5.74, 6) is 0. The lowest BCUT2D eigenvalue weighted by Crippen LogP contribution is -2.10. The highest BCUT2D eigenvalue weighted by molar-refractivity contribution is 6.30. The van der Waals surface area contributed by atoms with Crippen LogP contribution in [0.25, 0.3) is 0 Å². The van der Waals surface area contributed by atoms with Crippen LogP contribution >= 0.6 is 11.6 Å². The summed E-state index contributed by atoms with van der Waals surface area (Å²) in [5.41, 5.74) is -0.0884. The molecule has 0 fully saturated rings. The standard InChI is InChI=1S/C12H8ClF3N2O/c13-10-6-9(17-18-11(10)19)5-7-1-3-8(4-2-7)12(14,15)16/h1-4,6H,5H2,(H,18,19). The lowest BCUT2D eigenvalue weighted by atomic mass is 10.1. The van der Waals surface area contributed by atoms with E-state index in [1.165, 1.54) is 18.2 Å². The van der Waals surface area contributed by atoms with Gasteiger partial charge in [-0.25, -0.2) is 5.10 Å². The zero-order valence-corrected chi connectivity index (χ0v) is 10.2. The maximum Gasteiger partial charge on any atom is 0.416 e. The summed E-state index contributed by atoms with van der Waals surface area (Å²) in [6.45, 7) is 0. The van der Waals surface area contributed by atoms with Crippen molar-refractivity contribution >= 4 is 11.6 Å². The first-order chi connectivity index (χ1) is 8.86. The smallest absolute Gasteiger partial charge is 0.266 e. The minimum Gasteiger partial charge on any atom is -0.266 e. The highest BCUT2D eigenvalue weighted by Crippen LogP contribution is 2.29. The first-order valence-electron chi connectivity index (χ1n) is 5.26. The van der Waals surface area contributed by atoms with Gasteiger partial charge < -0.3 is 0 Å². The predicted octanol–water partition coefficient (Wildman–Crippen LogP) is 3.03. The van der Waals surface area contributed by atoms with E-state index in [2.05, 4.69) is 10.2 Å². The zero-order valence-electron chi connectivity index (χ0n) is 9.46. The number of aromatic amines is 1. The number of H-pyrrole nitrogens is 1. The molecule has 0 bridgehead atoms. The Morgan fingerprint density at radius 2 is 1.84 bits per heavy atom. The van der Waals surface area contributed by atoms with Crippen LogP contribution in [-0.2, 0) is 12.6 Å². The molecule has 0 radical (unpaired) electrons. The van der Waals surface area contributed by atoms with E-state index in [1.807, 2.05) is 0 Å². The molecule has 0 atom stereocenters. The number of aromatic nitrogens is 2. The van der Waals surface area contributed by atoms with Crippen molar-refractivity contribution in [2.45, 2.75) is 12.6 Å². The first kappa shape index (κ1) is 13.6. The Morgan fingerprint density at radius 1 is 1.21 bits per heavy atom. The van der Waals surface area contributed by atoms with E-state index in [0.29, 0.717) is 11.3 Å². The quantitative estimate of drug-likeness (QED) is 0.923. The average molecular weight is 289 g/mol. The maximum absolute atomic E-state index is 12.4.